The second kappa shape index (κ2) is 6.35. The van der Waals surface area contributed by atoms with Crippen molar-refractivity contribution in [3.8, 4) is 0 Å². The molecule has 2 aliphatic rings. The van der Waals surface area contributed by atoms with E-state index in [1.807, 2.05) is 4.72 Å². The number of anilines is 1. The number of hydrogen-bond acceptors (Lipinski definition) is 5. The molecule has 0 aromatic heterocycles. The standard InChI is InChI=1S/C16H19ClN2O5S/c1-10(20)18-25(23,24)11-4-5-13(12(17)8-11)19-14(21)9-16(15(19)22)6-2-3-7-16/h4-5,8,10,18,20H,2-3,6-7,9H2,1H3. The van der Waals surface area contributed by atoms with Crippen molar-refractivity contribution in [2.24, 2.45) is 5.41 Å². The van der Waals surface area contributed by atoms with Crippen molar-refractivity contribution in [3.05, 3.63) is 23.2 Å². The lowest BCUT2D eigenvalue weighted by atomic mass is 9.84. The van der Waals surface area contributed by atoms with Crippen molar-refractivity contribution in [3.63, 3.8) is 0 Å². The van der Waals surface area contributed by atoms with Crippen LogP contribution < -0.4 is 9.62 Å². The molecule has 1 spiro atoms. The fourth-order valence-corrected chi connectivity index (χ4v) is 5.04. The van der Waals surface area contributed by atoms with Gasteiger partial charge in [-0.1, -0.05) is 24.4 Å². The molecule has 1 saturated heterocycles. The molecule has 2 amide bonds. The summed E-state index contributed by atoms with van der Waals surface area (Å²) < 4.78 is 26.2. The van der Waals surface area contributed by atoms with Crippen LogP contribution in [0.5, 0.6) is 0 Å². The molecule has 1 saturated carbocycles. The molecule has 9 heteroatoms. The normalized spacial score (nSPS) is 21.3. The molecule has 1 aromatic carbocycles. The highest BCUT2D eigenvalue weighted by Gasteiger charge is 2.53. The van der Waals surface area contributed by atoms with Gasteiger partial charge >= 0.3 is 0 Å². The fourth-order valence-electron chi connectivity index (χ4n) is 3.61. The lowest BCUT2D eigenvalue weighted by molar-refractivity contribution is -0.125. The third kappa shape index (κ3) is 3.19. The van der Waals surface area contributed by atoms with Crippen LogP contribution in [0.4, 0.5) is 5.69 Å². The maximum atomic E-state index is 12.8. The summed E-state index contributed by atoms with van der Waals surface area (Å²) in [6, 6.07) is 3.77. The van der Waals surface area contributed by atoms with Crippen molar-refractivity contribution < 1.29 is 23.1 Å². The van der Waals surface area contributed by atoms with Gasteiger partial charge in [-0.3, -0.25) is 9.59 Å². The summed E-state index contributed by atoms with van der Waals surface area (Å²) in [6.45, 7) is 1.27. The van der Waals surface area contributed by atoms with Crippen molar-refractivity contribution in [2.75, 3.05) is 4.90 Å². The molecule has 2 N–H and O–H groups in total. The lowest BCUT2D eigenvalue weighted by Gasteiger charge is -2.22. The lowest BCUT2D eigenvalue weighted by Crippen LogP contribution is -2.35. The molecular weight excluding hydrogens is 368 g/mol. The topological polar surface area (TPSA) is 104 Å². The predicted octanol–water partition coefficient (Wildman–Crippen LogP) is 1.78. The minimum Gasteiger partial charge on any atom is -0.378 e. The number of amides is 2. The number of benzene rings is 1. The highest BCUT2D eigenvalue weighted by Crippen LogP contribution is 2.48. The first-order valence-electron chi connectivity index (χ1n) is 8.04. The summed E-state index contributed by atoms with van der Waals surface area (Å²) >= 11 is 6.18. The molecular formula is C16H19ClN2O5S. The van der Waals surface area contributed by atoms with Gasteiger partial charge in [0, 0.05) is 6.42 Å². The van der Waals surface area contributed by atoms with Crippen molar-refractivity contribution >= 4 is 39.1 Å². The first kappa shape index (κ1) is 18.3. The minimum absolute atomic E-state index is 0.00906. The van der Waals surface area contributed by atoms with Crippen molar-refractivity contribution in [1.29, 1.82) is 0 Å². The number of nitrogens with zero attached hydrogens (tertiary/aromatic N) is 1. The number of carbonyl (C=O) groups excluding carboxylic acids is 2. The number of rotatable bonds is 4. The highest BCUT2D eigenvalue weighted by atomic mass is 35.5. The van der Waals surface area contributed by atoms with E-state index in [9.17, 15) is 23.1 Å². The Labute approximate surface area is 151 Å². The number of sulfonamides is 1. The van der Waals surface area contributed by atoms with Crippen LogP contribution in [-0.2, 0) is 19.6 Å². The minimum atomic E-state index is -3.94. The van der Waals surface area contributed by atoms with Crippen LogP contribution in [0.1, 0.15) is 39.0 Å². The average molecular weight is 387 g/mol. The molecule has 1 heterocycles. The average Bonchev–Trinajstić information content (AvgIpc) is 3.05. The SMILES string of the molecule is CC(O)NS(=O)(=O)c1ccc(N2C(=O)CC3(CCCC3)C2=O)c(Cl)c1. The Balaban J connectivity index is 1.94. The Kier molecular flexibility index (Phi) is 4.65. The van der Waals surface area contributed by atoms with E-state index in [-0.39, 0.29) is 33.8 Å². The van der Waals surface area contributed by atoms with Crippen LogP contribution in [0.15, 0.2) is 23.1 Å². The largest absolute Gasteiger partial charge is 0.378 e. The van der Waals surface area contributed by atoms with Gasteiger partial charge in [0.15, 0.2) is 0 Å². The fraction of sp³-hybridized carbons (Fsp3) is 0.500. The number of hydrogen-bond donors (Lipinski definition) is 2. The van der Waals surface area contributed by atoms with Crippen LogP contribution in [0.3, 0.4) is 0 Å². The summed E-state index contributed by atoms with van der Waals surface area (Å²) in [4.78, 5) is 26.1. The van der Waals surface area contributed by atoms with Gasteiger partial charge in [0.25, 0.3) is 0 Å². The Bertz CT molecular complexity index is 831. The Morgan fingerprint density at radius 2 is 1.92 bits per heavy atom. The molecule has 7 nitrogen and oxygen atoms in total. The quantitative estimate of drug-likeness (QED) is 0.606. The number of nitrogens with one attached hydrogen (secondary N) is 1. The van der Waals surface area contributed by atoms with Gasteiger partial charge in [0.2, 0.25) is 21.8 Å². The molecule has 0 bridgehead atoms. The summed E-state index contributed by atoms with van der Waals surface area (Å²) in [5, 5.41) is 9.20. The zero-order chi connectivity index (χ0) is 18.4. The molecule has 0 radical (unpaired) electrons. The predicted molar refractivity (Wildman–Crippen MR) is 91.5 cm³/mol. The van der Waals surface area contributed by atoms with Crippen molar-refractivity contribution in [1.82, 2.24) is 4.72 Å². The Morgan fingerprint density at radius 1 is 1.28 bits per heavy atom. The Morgan fingerprint density at radius 3 is 2.48 bits per heavy atom. The smallest absolute Gasteiger partial charge is 0.242 e. The van der Waals surface area contributed by atoms with E-state index in [0.29, 0.717) is 12.8 Å². The molecule has 1 aromatic rings. The van der Waals surface area contributed by atoms with Gasteiger partial charge < -0.3 is 5.11 Å². The third-order valence-electron chi connectivity index (χ3n) is 4.75. The van der Waals surface area contributed by atoms with E-state index in [2.05, 4.69) is 0 Å². The molecule has 136 valence electrons. The van der Waals surface area contributed by atoms with Crippen LogP contribution in [0.2, 0.25) is 5.02 Å². The van der Waals surface area contributed by atoms with E-state index < -0.39 is 21.7 Å². The molecule has 1 aliphatic heterocycles. The van der Waals surface area contributed by atoms with E-state index in [0.717, 1.165) is 17.7 Å². The highest BCUT2D eigenvalue weighted by molar-refractivity contribution is 7.89. The summed E-state index contributed by atoms with van der Waals surface area (Å²) in [5.74, 6) is -0.568. The van der Waals surface area contributed by atoms with Crippen LogP contribution in [0, 0.1) is 5.41 Å². The molecule has 3 rings (SSSR count). The summed E-state index contributed by atoms with van der Waals surface area (Å²) in [5.41, 5.74) is -0.435. The first-order valence-corrected chi connectivity index (χ1v) is 9.90. The monoisotopic (exact) mass is 386 g/mol. The number of carbonyl (C=O) groups is 2. The van der Waals surface area contributed by atoms with E-state index in [1.54, 1.807) is 0 Å². The second-order valence-corrected chi connectivity index (χ2v) is 8.73. The van der Waals surface area contributed by atoms with Gasteiger partial charge in [-0.05, 0) is 38.0 Å². The van der Waals surface area contributed by atoms with Crippen molar-refractivity contribution in [2.45, 2.75) is 50.2 Å². The molecule has 2 fully saturated rings. The van der Waals surface area contributed by atoms with Gasteiger partial charge in [-0.15, -0.1) is 0 Å². The summed E-state index contributed by atoms with van der Waals surface area (Å²) in [6.07, 6.45) is 2.14. The Hall–Kier alpha value is -1.48. The number of imide groups is 1. The number of aliphatic hydroxyl groups is 1. The molecule has 1 unspecified atom stereocenters. The van der Waals surface area contributed by atoms with Gasteiger partial charge in [0.05, 0.1) is 21.0 Å². The number of aliphatic hydroxyl groups excluding tert-OH is 1. The van der Waals surface area contributed by atoms with Gasteiger partial charge in [0.1, 0.15) is 6.23 Å². The third-order valence-corrected chi connectivity index (χ3v) is 6.58. The van der Waals surface area contributed by atoms with Crippen LogP contribution in [-0.4, -0.2) is 31.6 Å². The van der Waals surface area contributed by atoms with Crippen LogP contribution in [0.25, 0.3) is 0 Å². The maximum absolute atomic E-state index is 12.8. The molecule has 25 heavy (non-hydrogen) atoms. The van der Waals surface area contributed by atoms with Gasteiger partial charge in [-0.2, -0.15) is 4.72 Å². The van der Waals surface area contributed by atoms with Gasteiger partial charge in [-0.25, -0.2) is 13.3 Å². The van der Waals surface area contributed by atoms with E-state index in [4.69, 9.17) is 11.6 Å². The second-order valence-electron chi connectivity index (χ2n) is 6.61. The van der Waals surface area contributed by atoms with E-state index >= 15 is 0 Å². The zero-order valence-corrected chi connectivity index (χ0v) is 15.2. The zero-order valence-electron chi connectivity index (χ0n) is 13.7. The number of halogens is 1. The van der Waals surface area contributed by atoms with E-state index in [1.165, 1.54) is 25.1 Å². The summed E-state index contributed by atoms with van der Waals surface area (Å²) in [7, 11) is -3.94. The molecule has 1 aliphatic carbocycles. The molecule has 1 atom stereocenters. The first-order chi connectivity index (χ1) is 11.7. The van der Waals surface area contributed by atoms with Crippen LogP contribution >= 0.6 is 11.6 Å². The maximum Gasteiger partial charge on any atom is 0.242 e.